The second-order valence-corrected chi connectivity index (χ2v) is 5.79. The van der Waals surface area contributed by atoms with Gasteiger partial charge in [-0.15, -0.1) is 0 Å². The van der Waals surface area contributed by atoms with Gasteiger partial charge in [0.1, 0.15) is 12.3 Å². The Morgan fingerprint density at radius 1 is 1.08 bits per heavy atom. The molecule has 0 aliphatic carbocycles. The van der Waals surface area contributed by atoms with Gasteiger partial charge in [0.15, 0.2) is 0 Å². The third kappa shape index (κ3) is 4.92. The minimum atomic E-state index is -0.697. The highest BCUT2D eigenvalue weighted by atomic mass is 16.5. The molecular weight excluding hydrogens is 332 g/mol. The summed E-state index contributed by atoms with van der Waals surface area (Å²) < 4.78 is 5.11. The van der Waals surface area contributed by atoms with Crippen molar-refractivity contribution in [2.24, 2.45) is 0 Å². The highest BCUT2D eigenvalue weighted by molar-refractivity contribution is 6.42. The van der Waals surface area contributed by atoms with Crippen molar-refractivity contribution in [1.82, 2.24) is 4.90 Å². The molecule has 0 aliphatic heterocycles. The molecule has 0 aliphatic rings. The van der Waals surface area contributed by atoms with E-state index in [-0.39, 0.29) is 19.0 Å². The summed E-state index contributed by atoms with van der Waals surface area (Å²) >= 11 is 0. The summed E-state index contributed by atoms with van der Waals surface area (Å²) in [4.78, 5) is 38.2. The predicted molar refractivity (Wildman–Crippen MR) is 99.4 cm³/mol. The number of Topliss-reactive ketones (excluding diaryl/α,β-unsaturated/α-hetero) is 1. The van der Waals surface area contributed by atoms with Gasteiger partial charge in [-0.2, -0.15) is 0 Å². The fourth-order valence-electron chi connectivity index (χ4n) is 2.37. The number of nitrogens with zero attached hydrogens (tertiary/aromatic N) is 1. The molecule has 2 rings (SSSR count). The number of nitrogens with one attached hydrogen (secondary N) is 1. The summed E-state index contributed by atoms with van der Waals surface area (Å²) in [5, 5.41) is 2.70. The van der Waals surface area contributed by atoms with E-state index in [1.807, 2.05) is 6.92 Å². The molecule has 0 aromatic heterocycles. The van der Waals surface area contributed by atoms with Crippen molar-refractivity contribution in [2.45, 2.75) is 13.8 Å². The van der Waals surface area contributed by atoms with Gasteiger partial charge in [-0.25, -0.2) is 0 Å². The molecule has 0 heterocycles. The van der Waals surface area contributed by atoms with Gasteiger partial charge in [-0.1, -0.05) is 35.9 Å². The van der Waals surface area contributed by atoms with Crippen LogP contribution < -0.4 is 10.1 Å². The fourth-order valence-corrected chi connectivity index (χ4v) is 2.37. The fraction of sp³-hybridized carbons (Fsp3) is 0.250. The van der Waals surface area contributed by atoms with Crippen molar-refractivity contribution < 1.29 is 19.1 Å². The van der Waals surface area contributed by atoms with Crippen molar-refractivity contribution in [2.75, 3.05) is 25.5 Å². The summed E-state index contributed by atoms with van der Waals surface area (Å²) in [6.07, 6.45) is 0. The zero-order chi connectivity index (χ0) is 19.1. The van der Waals surface area contributed by atoms with E-state index in [1.165, 1.54) is 12.0 Å². The number of carbonyl (C=O) groups excluding carboxylic acids is 3. The minimum absolute atomic E-state index is 0.204. The second-order valence-electron chi connectivity index (χ2n) is 5.79. The van der Waals surface area contributed by atoms with Gasteiger partial charge in [0, 0.05) is 23.9 Å². The molecule has 0 unspecified atom stereocenters. The van der Waals surface area contributed by atoms with Crippen LogP contribution in [0.1, 0.15) is 22.8 Å². The lowest BCUT2D eigenvalue weighted by Crippen LogP contribution is -2.41. The summed E-state index contributed by atoms with van der Waals surface area (Å²) in [5.74, 6) is -1.09. The van der Waals surface area contributed by atoms with Crippen LogP contribution in [0, 0.1) is 6.92 Å². The van der Waals surface area contributed by atoms with E-state index in [0.717, 1.165) is 5.56 Å². The van der Waals surface area contributed by atoms with Crippen molar-refractivity contribution >= 4 is 23.3 Å². The van der Waals surface area contributed by atoms with Crippen LogP contribution in [0.5, 0.6) is 5.75 Å². The number of benzene rings is 2. The lowest BCUT2D eigenvalue weighted by atomic mass is 10.1. The van der Waals surface area contributed by atoms with E-state index in [0.29, 0.717) is 17.0 Å². The second kappa shape index (κ2) is 8.80. The van der Waals surface area contributed by atoms with Crippen LogP contribution in [0.15, 0.2) is 48.5 Å². The maximum Gasteiger partial charge on any atom is 0.295 e. The van der Waals surface area contributed by atoms with Gasteiger partial charge in [0.25, 0.3) is 5.91 Å². The molecule has 0 bridgehead atoms. The molecule has 0 radical (unpaired) electrons. The molecule has 6 heteroatoms. The Morgan fingerprint density at radius 3 is 2.38 bits per heavy atom. The van der Waals surface area contributed by atoms with Gasteiger partial charge in [-0.3, -0.25) is 14.4 Å². The van der Waals surface area contributed by atoms with E-state index in [4.69, 9.17) is 4.74 Å². The molecule has 0 saturated carbocycles. The topological polar surface area (TPSA) is 75.7 Å². The average Bonchev–Trinajstić information content (AvgIpc) is 2.65. The molecule has 2 aromatic carbocycles. The lowest BCUT2D eigenvalue weighted by Gasteiger charge is -2.19. The van der Waals surface area contributed by atoms with Crippen LogP contribution in [0.2, 0.25) is 0 Å². The molecule has 6 nitrogen and oxygen atoms in total. The highest BCUT2D eigenvalue weighted by Crippen LogP contribution is 2.16. The van der Waals surface area contributed by atoms with Crippen molar-refractivity contribution in [3.05, 3.63) is 59.7 Å². The lowest BCUT2D eigenvalue weighted by molar-refractivity contribution is -0.130. The number of likely N-dealkylation sites (N-methyl/N-ethyl adjacent to an activating group) is 1. The Hall–Kier alpha value is -3.15. The van der Waals surface area contributed by atoms with Crippen LogP contribution in [-0.4, -0.2) is 42.7 Å². The summed E-state index contributed by atoms with van der Waals surface area (Å²) in [6, 6.07) is 13.7. The van der Waals surface area contributed by atoms with Crippen LogP contribution in [0.25, 0.3) is 0 Å². The Kier molecular flexibility index (Phi) is 6.49. The number of ketones is 1. The quantitative estimate of drug-likeness (QED) is 0.613. The van der Waals surface area contributed by atoms with Gasteiger partial charge in [0.05, 0.1) is 7.11 Å². The maximum absolute atomic E-state index is 12.4. The van der Waals surface area contributed by atoms with Crippen molar-refractivity contribution in [1.29, 1.82) is 0 Å². The largest absolute Gasteiger partial charge is 0.497 e. The average molecular weight is 354 g/mol. The summed E-state index contributed by atoms with van der Waals surface area (Å²) in [7, 11) is 1.54. The van der Waals surface area contributed by atoms with Crippen molar-refractivity contribution in [3.8, 4) is 5.75 Å². The summed E-state index contributed by atoms with van der Waals surface area (Å²) in [6.45, 7) is 3.67. The van der Waals surface area contributed by atoms with Crippen LogP contribution in [-0.2, 0) is 9.59 Å². The van der Waals surface area contributed by atoms with Gasteiger partial charge in [0.2, 0.25) is 11.7 Å². The van der Waals surface area contributed by atoms with E-state index in [2.05, 4.69) is 5.32 Å². The van der Waals surface area contributed by atoms with Crippen LogP contribution in [0.4, 0.5) is 5.69 Å². The standard InChI is InChI=1S/C20H22N2O4/c1-4-22(20(25)19(24)15-10-8-14(2)9-11-15)13-18(23)21-16-6-5-7-17(12-16)26-3/h5-12H,4,13H2,1-3H3,(H,21,23). The first-order chi connectivity index (χ1) is 12.4. The third-order valence-corrected chi connectivity index (χ3v) is 3.86. The van der Waals surface area contributed by atoms with Crippen LogP contribution in [0.3, 0.4) is 0 Å². The van der Waals surface area contributed by atoms with E-state index in [9.17, 15) is 14.4 Å². The molecule has 0 fully saturated rings. The number of hydrogen-bond donors (Lipinski definition) is 1. The zero-order valence-electron chi connectivity index (χ0n) is 15.1. The Balaban J connectivity index is 2.02. The molecule has 0 atom stereocenters. The van der Waals surface area contributed by atoms with Gasteiger partial charge in [-0.05, 0) is 26.0 Å². The molecule has 136 valence electrons. The smallest absolute Gasteiger partial charge is 0.295 e. The molecule has 2 aromatic rings. The van der Waals surface area contributed by atoms with Crippen LogP contribution >= 0.6 is 0 Å². The number of hydrogen-bond acceptors (Lipinski definition) is 4. The monoisotopic (exact) mass is 354 g/mol. The third-order valence-electron chi connectivity index (χ3n) is 3.86. The summed E-state index contributed by atoms with van der Waals surface area (Å²) in [5.41, 5.74) is 1.87. The van der Waals surface area contributed by atoms with Gasteiger partial charge >= 0.3 is 0 Å². The molecule has 0 saturated heterocycles. The first-order valence-corrected chi connectivity index (χ1v) is 8.28. The molecular formula is C20H22N2O4. The first kappa shape index (κ1) is 19.2. The normalized spacial score (nSPS) is 10.1. The molecule has 0 spiro atoms. The number of ether oxygens (including phenoxy) is 1. The Labute approximate surface area is 152 Å². The maximum atomic E-state index is 12.4. The zero-order valence-corrected chi connectivity index (χ0v) is 15.1. The Morgan fingerprint density at radius 2 is 1.77 bits per heavy atom. The SMILES string of the molecule is CCN(CC(=O)Nc1cccc(OC)c1)C(=O)C(=O)c1ccc(C)cc1. The van der Waals surface area contributed by atoms with E-state index in [1.54, 1.807) is 55.5 Å². The number of aryl methyl sites for hydroxylation is 1. The number of carbonyl (C=O) groups is 3. The number of anilines is 1. The number of methoxy groups -OCH3 is 1. The van der Waals surface area contributed by atoms with Crippen molar-refractivity contribution in [3.63, 3.8) is 0 Å². The predicted octanol–water partition coefficient (Wildman–Crippen LogP) is 2.67. The number of rotatable bonds is 7. The number of amides is 2. The molecule has 26 heavy (non-hydrogen) atoms. The van der Waals surface area contributed by atoms with E-state index < -0.39 is 11.7 Å². The highest BCUT2D eigenvalue weighted by Gasteiger charge is 2.24. The minimum Gasteiger partial charge on any atom is -0.497 e. The van der Waals surface area contributed by atoms with Gasteiger partial charge < -0.3 is 15.0 Å². The van der Waals surface area contributed by atoms with E-state index >= 15 is 0 Å². The molecule has 1 N–H and O–H groups in total. The Bertz CT molecular complexity index is 800. The molecule has 2 amide bonds. The first-order valence-electron chi connectivity index (χ1n) is 8.28.